The topological polar surface area (TPSA) is 27.7 Å². The Bertz CT molecular complexity index is 536. The molecule has 0 aliphatic heterocycles. The zero-order chi connectivity index (χ0) is 18.5. The van der Waals surface area contributed by atoms with Crippen LogP contribution in [0.2, 0.25) is 0 Å². The molecular formula is C13H12F8O3. The predicted molar refractivity (Wildman–Crippen MR) is 65.9 cm³/mol. The van der Waals surface area contributed by atoms with Gasteiger partial charge in [-0.15, -0.1) is 0 Å². The molecule has 0 aliphatic carbocycles. The van der Waals surface area contributed by atoms with Gasteiger partial charge in [-0.1, -0.05) is 0 Å². The molecule has 0 saturated heterocycles. The number of rotatable bonds is 9. The second kappa shape index (κ2) is 7.75. The Balaban J connectivity index is 2.85. The first-order valence-corrected chi connectivity index (χ1v) is 6.25. The molecule has 0 atom stereocenters. The molecule has 3 nitrogen and oxygen atoms in total. The molecule has 0 N–H and O–H groups in total. The van der Waals surface area contributed by atoms with E-state index >= 15 is 0 Å². The van der Waals surface area contributed by atoms with Crippen LogP contribution in [0.15, 0.2) is 18.2 Å². The summed E-state index contributed by atoms with van der Waals surface area (Å²) in [4.78, 5) is 0. The Kier molecular flexibility index (Phi) is 6.50. The quantitative estimate of drug-likeness (QED) is 0.610. The molecule has 0 heterocycles. The SMILES string of the molecule is COc1ccc(OCC(F)(F)C(F)F)cc1OCC(F)(F)C(F)F. The van der Waals surface area contributed by atoms with Crippen molar-refractivity contribution in [2.45, 2.75) is 24.7 Å². The van der Waals surface area contributed by atoms with Gasteiger partial charge in [-0.25, -0.2) is 17.6 Å². The number of methoxy groups -OCH3 is 1. The van der Waals surface area contributed by atoms with Crippen molar-refractivity contribution in [3.05, 3.63) is 18.2 Å². The molecule has 1 aromatic rings. The fourth-order valence-electron chi connectivity index (χ4n) is 1.34. The summed E-state index contributed by atoms with van der Waals surface area (Å²) in [5.74, 6) is -9.98. The summed E-state index contributed by atoms with van der Waals surface area (Å²) in [6.45, 7) is -3.39. The summed E-state index contributed by atoms with van der Waals surface area (Å²) >= 11 is 0. The third kappa shape index (κ3) is 5.31. The third-order valence-corrected chi connectivity index (χ3v) is 2.63. The minimum Gasteiger partial charge on any atom is -0.493 e. The summed E-state index contributed by atoms with van der Waals surface area (Å²) in [5, 5.41) is 0. The highest BCUT2D eigenvalue weighted by Gasteiger charge is 2.42. The lowest BCUT2D eigenvalue weighted by Gasteiger charge is -2.19. The van der Waals surface area contributed by atoms with Gasteiger partial charge in [-0.05, 0) is 12.1 Å². The monoisotopic (exact) mass is 368 g/mol. The van der Waals surface area contributed by atoms with Crippen LogP contribution < -0.4 is 14.2 Å². The molecule has 138 valence electrons. The maximum absolute atomic E-state index is 12.8. The molecule has 0 radical (unpaired) electrons. The third-order valence-electron chi connectivity index (χ3n) is 2.63. The van der Waals surface area contributed by atoms with Gasteiger partial charge >= 0.3 is 24.7 Å². The van der Waals surface area contributed by atoms with E-state index in [4.69, 9.17) is 4.74 Å². The molecule has 0 amide bonds. The van der Waals surface area contributed by atoms with Crippen LogP contribution in [-0.4, -0.2) is 45.0 Å². The van der Waals surface area contributed by atoms with Gasteiger partial charge in [0.05, 0.1) is 7.11 Å². The van der Waals surface area contributed by atoms with Crippen LogP contribution >= 0.6 is 0 Å². The fraction of sp³-hybridized carbons (Fsp3) is 0.538. The number of hydrogen-bond donors (Lipinski definition) is 0. The van der Waals surface area contributed by atoms with Crippen LogP contribution in [0.4, 0.5) is 35.1 Å². The molecule has 24 heavy (non-hydrogen) atoms. The predicted octanol–water partition coefficient (Wildman–Crippen LogP) is 4.25. The van der Waals surface area contributed by atoms with E-state index in [1.165, 1.54) is 0 Å². The Morgan fingerprint density at radius 1 is 0.833 bits per heavy atom. The molecule has 0 aromatic heterocycles. The molecule has 0 spiro atoms. The average Bonchev–Trinajstić information content (AvgIpc) is 2.50. The van der Waals surface area contributed by atoms with Crippen LogP contribution in [0.25, 0.3) is 0 Å². The number of alkyl halides is 8. The molecule has 0 fully saturated rings. The average molecular weight is 368 g/mol. The minimum absolute atomic E-state index is 0.173. The van der Waals surface area contributed by atoms with E-state index in [2.05, 4.69) is 9.47 Å². The summed E-state index contributed by atoms with van der Waals surface area (Å²) in [6.07, 6.45) is -7.94. The molecular weight excluding hydrogens is 356 g/mol. The van der Waals surface area contributed by atoms with Crippen molar-refractivity contribution in [1.29, 1.82) is 0 Å². The lowest BCUT2D eigenvalue weighted by Crippen LogP contribution is -2.34. The smallest absolute Gasteiger partial charge is 0.340 e. The maximum Gasteiger partial charge on any atom is 0.340 e. The Labute approximate surface area is 131 Å². The lowest BCUT2D eigenvalue weighted by atomic mass is 10.3. The van der Waals surface area contributed by atoms with E-state index in [0.29, 0.717) is 0 Å². The van der Waals surface area contributed by atoms with Crippen LogP contribution in [0.3, 0.4) is 0 Å². The number of ether oxygens (including phenoxy) is 3. The number of benzene rings is 1. The lowest BCUT2D eigenvalue weighted by molar-refractivity contribution is -0.149. The van der Waals surface area contributed by atoms with Gasteiger partial charge in [0.15, 0.2) is 24.7 Å². The highest BCUT2D eigenvalue weighted by atomic mass is 19.3. The van der Waals surface area contributed by atoms with E-state index in [-0.39, 0.29) is 5.75 Å². The van der Waals surface area contributed by atoms with Crippen LogP contribution in [0, 0.1) is 0 Å². The molecule has 0 bridgehead atoms. The maximum atomic E-state index is 12.8. The molecule has 1 aromatic carbocycles. The summed E-state index contributed by atoms with van der Waals surface area (Å²) in [6, 6.07) is 2.85. The Hall–Kier alpha value is -1.94. The second-order valence-corrected chi connectivity index (χ2v) is 4.51. The van der Waals surface area contributed by atoms with Crippen LogP contribution in [0.1, 0.15) is 0 Å². The summed E-state index contributed by atoms with van der Waals surface area (Å²) < 4.78 is 113. The standard InChI is InChI=1S/C13H12F8O3/c1-22-8-3-2-7(23-5-12(18,19)10(14)15)4-9(8)24-6-13(20,21)11(16)17/h2-4,10-11H,5-6H2,1H3. The Morgan fingerprint density at radius 2 is 1.33 bits per heavy atom. The summed E-state index contributed by atoms with van der Waals surface area (Å²) in [7, 11) is 1.11. The second-order valence-electron chi connectivity index (χ2n) is 4.51. The van der Waals surface area contributed by atoms with Gasteiger partial charge in [0, 0.05) is 6.07 Å². The van der Waals surface area contributed by atoms with Gasteiger partial charge in [-0.3, -0.25) is 0 Å². The van der Waals surface area contributed by atoms with Crippen molar-refractivity contribution in [3.63, 3.8) is 0 Å². The van der Waals surface area contributed by atoms with E-state index in [9.17, 15) is 35.1 Å². The van der Waals surface area contributed by atoms with Crippen molar-refractivity contribution >= 4 is 0 Å². The van der Waals surface area contributed by atoms with Gasteiger partial charge < -0.3 is 14.2 Å². The van der Waals surface area contributed by atoms with Gasteiger partial charge in [-0.2, -0.15) is 17.6 Å². The molecule has 11 heteroatoms. The molecule has 0 saturated carbocycles. The zero-order valence-corrected chi connectivity index (χ0v) is 12.0. The summed E-state index contributed by atoms with van der Waals surface area (Å²) in [5.41, 5.74) is 0. The number of halogens is 8. The van der Waals surface area contributed by atoms with E-state index in [0.717, 1.165) is 25.3 Å². The van der Waals surface area contributed by atoms with Crippen molar-refractivity contribution in [3.8, 4) is 17.2 Å². The first-order chi connectivity index (χ1) is 11.0. The number of hydrogen-bond acceptors (Lipinski definition) is 3. The van der Waals surface area contributed by atoms with Gasteiger partial charge in [0.1, 0.15) is 5.75 Å². The first kappa shape index (κ1) is 20.1. The van der Waals surface area contributed by atoms with E-state index in [1.54, 1.807) is 0 Å². The van der Waals surface area contributed by atoms with Gasteiger partial charge in [0.25, 0.3) is 0 Å². The van der Waals surface area contributed by atoms with Crippen LogP contribution in [-0.2, 0) is 0 Å². The molecule has 0 unspecified atom stereocenters. The zero-order valence-electron chi connectivity index (χ0n) is 12.0. The van der Waals surface area contributed by atoms with Crippen molar-refractivity contribution in [1.82, 2.24) is 0 Å². The van der Waals surface area contributed by atoms with Gasteiger partial charge in [0.2, 0.25) is 0 Å². The highest BCUT2D eigenvalue weighted by molar-refractivity contribution is 5.45. The first-order valence-electron chi connectivity index (χ1n) is 6.25. The van der Waals surface area contributed by atoms with Crippen molar-refractivity contribution < 1.29 is 49.3 Å². The minimum atomic E-state index is -4.45. The fourth-order valence-corrected chi connectivity index (χ4v) is 1.34. The van der Waals surface area contributed by atoms with Crippen molar-refractivity contribution in [2.75, 3.05) is 20.3 Å². The largest absolute Gasteiger partial charge is 0.493 e. The molecule has 0 aliphatic rings. The normalized spacial score (nSPS) is 12.6. The van der Waals surface area contributed by atoms with Crippen molar-refractivity contribution in [2.24, 2.45) is 0 Å². The van der Waals surface area contributed by atoms with E-state index < -0.39 is 49.4 Å². The van der Waals surface area contributed by atoms with E-state index in [1.807, 2.05) is 0 Å². The molecule has 1 rings (SSSR count). The highest BCUT2D eigenvalue weighted by Crippen LogP contribution is 2.34. The Morgan fingerprint density at radius 3 is 1.79 bits per heavy atom. The van der Waals surface area contributed by atoms with Crippen LogP contribution in [0.5, 0.6) is 17.2 Å².